The molecule has 0 bridgehead atoms. The quantitative estimate of drug-likeness (QED) is 0.349. The largest absolute Gasteiger partial charge is 0.423 e. The molecule has 158 valence electrons. The molecule has 7 heteroatoms. The summed E-state index contributed by atoms with van der Waals surface area (Å²) in [5.41, 5.74) is 0.00247. The Morgan fingerprint density at radius 2 is 1.90 bits per heavy atom. The summed E-state index contributed by atoms with van der Waals surface area (Å²) in [6.45, 7) is 3.24. The molecule has 0 spiro atoms. The molecule has 0 unspecified atom stereocenters. The molecule has 1 saturated heterocycles. The molecule has 1 heterocycles. The molecule has 5 nitrogen and oxygen atoms in total. The fraction of sp³-hybridized carbons (Fsp3) is 0.391. The zero-order valence-electron chi connectivity index (χ0n) is 16.7. The lowest BCUT2D eigenvalue weighted by atomic mass is 10.0. The first-order chi connectivity index (χ1) is 14.5. The van der Waals surface area contributed by atoms with Gasteiger partial charge in [-0.3, -0.25) is 0 Å². The number of nitriles is 1. The average molecular weight is 415 g/mol. The molecular formula is C23H23F2NO4. The minimum Gasteiger partial charge on any atom is -0.423 e. The lowest BCUT2D eigenvalue weighted by Crippen LogP contribution is -2.27. The van der Waals surface area contributed by atoms with Crippen molar-refractivity contribution in [3.63, 3.8) is 0 Å². The standard InChI is InChI=1S/C23H23F2NO4/c1-2-3-4-5-15-13-28-23(29-14-15)16-7-9-19(21(25)10-16)22(27)30-18-8-6-17(12-26)20(24)11-18/h6-11,15,23H,2-5,13-14H2,1H3. The van der Waals surface area contributed by atoms with Gasteiger partial charge in [-0.05, 0) is 30.7 Å². The number of ether oxygens (including phenoxy) is 3. The first kappa shape index (κ1) is 21.9. The van der Waals surface area contributed by atoms with Crippen LogP contribution in [0.2, 0.25) is 0 Å². The monoisotopic (exact) mass is 415 g/mol. The van der Waals surface area contributed by atoms with Crippen molar-refractivity contribution >= 4 is 5.97 Å². The zero-order chi connectivity index (χ0) is 21.5. The minimum absolute atomic E-state index is 0.118. The van der Waals surface area contributed by atoms with Gasteiger partial charge in [-0.1, -0.05) is 32.3 Å². The summed E-state index contributed by atoms with van der Waals surface area (Å²) in [4.78, 5) is 12.2. The molecule has 0 amide bonds. The van der Waals surface area contributed by atoms with Crippen LogP contribution in [-0.4, -0.2) is 19.2 Å². The second-order valence-corrected chi connectivity index (χ2v) is 7.24. The number of halogens is 2. The van der Waals surface area contributed by atoms with Crippen LogP contribution in [0.15, 0.2) is 36.4 Å². The van der Waals surface area contributed by atoms with Crippen LogP contribution in [0.5, 0.6) is 5.75 Å². The van der Waals surface area contributed by atoms with E-state index in [-0.39, 0.29) is 16.9 Å². The van der Waals surface area contributed by atoms with Gasteiger partial charge in [0.15, 0.2) is 6.29 Å². The van der Waals surface area contributed by atoms with Crippen LogP contribution in [0.1, 0.15) is 60.4 Å². The molecule has 2 aromatic rings. The van der Waals surface area contributed by atoms with E-state index in [1.165, 1.54) is 30.7 Å². The fourth-order valence-corrected chi connectivity index (χ4v) is 3.24. The van der Waals surface area contributed by atoms with Crippen molar-refractivity contribution in [1.29, 1.82) is 5.26 Å². The number of hydrogen-bond acceptors (Lipinski definition) is 5. The van der Waals surface area contributed by atoms with E-state index in [2.05, 4.69) is 6.92 Å². The molecule has 1 aliphatic rings. The Morgan fingerprint density at radius 1 is 1.13 bits per heavy atom. The highest BCUT2D eigenvalue weighted by atomic mass is 19.1. The molecule has 0 aliphatic carbocycles. The summed E-state index contributed by atoms with van der Waals surface area (Å²) in [5.74, 6) is -2.36. The van der Waals surface area contributed by atoms with Crippen LogP contribution in [0.4, 0.5) is 8.78 Å². The van der Waals surface area contributed by atoms with E-state index in [0.29, 0.717) is 24.7 Å². The van der Waals surface area contributed by atoms with Gasteiger partial charge < -0.3 is 14.2 Å². The minimum atomic E-state index is -0.968. The van der Waals surface area contributed by atoms with E-state index in [0.717, 1.165) is 25.3 Å². The molecule has 0 radical (unpaired) electrons. The van der Waals surface area contributed by atoms with E-state index in [9.17, 15) is 13.6 Å². The second-order valence-electron chi connectivity index (χ2n) is 7.24. The average Bonchev–Trinajstić information content (AvgIpc) is 2.74. The van der Waals surface area contributed by atoms with Crippen molar-refractivity contribution in [3.05, 3.63) is 64.7 Å². The number of carbonyl (C=O) groups excluding carboxylic acids is 1. The summed E-state index contributed by atoms with van der Waals surface area (Å²) in [6, 6.07) is 9.04. The normalized spacial score (nSPS) is 18.6. The third-order valence-electron chi connectivity index (χ3n) is 4.94. The SMILES string of the molecule is CCCCCC1COC(c2ccc(C(=O)Oc3ccc(C#N)c(F)c3)c(F)c2)OC1. The predicted molar refractivity (Wildman–Crippen MR) is 105 cm³/mol. The van der Waals surface area contributed by atoms with Gasteiger partial charge in [0, 0.05) is 17.5 Å². The van der Waals surface area contributed by atoms with Crippen LogP contribution in [0.25, 0.3) is 0 Å². The van der Waals surface area contributed by atoms with Crippen molar-refractivity contribution in [3.8, 4) is 11.8 Å². The summed E-state index contributed by atoms with van der Waals surface area (Å²) in [7, 11) is 0. The molecule has 0 N–H and O–H groups in total. The van der Waals surface area contributed by atoms with E-state index in [1.54, 1.807) is 12.1 Å². The molecule has 0 aromatic heterocycles. The number of hydrogen-bond donors (Lipinski definition) is 0. The maximum Gasteiger partial charge on any atom is 0.346 e. The molecule has 1 aliphatic heterocycles. The molecule has 1 fully saturated rings. The highest BCUT2D eigenvalue weighted by molar-refractivity contribution is 5.91. The van der Waals surface area contributed by atoms with Crippen molar-refractivity contribution in [2.24, 2.45) is 5.92 Å². The lowest BCUT2D eigenvalue weighted by molar-refractivity contribution is -0.206. The first-order valence-electron chi connectivity index (χ1n) is 9.96. The number of esters is 1. The molecule has 30 heavy (non-hydrogen) atoms. The van der Waals surface area contributed by atoms with Crippen molar-refractivity contribution in [1.82, 2.24) is 0 Å². The highest BCUT2D eigenvalue weighted by Crippen LogP contribution is 2.28. The Labute approximate surface area is 174 Å². The van der Waals surface area contributed by atoms with Crippen LogP contribution in [0, 0.1) is 28.9 Å². The van der Waals surface area contributed by atoms with Gasteiger partial charge in [0.2, 0.25) is 0 Å². The Hall–Kier alpha value is -2.82. The van der Waals surface area contributed by atoms with E-state index in [4.69, 9.17) is 19.5 Å². The summed E-state index contributed by atoms with van der Waals surface area (Å²) < 4.78 is 44.6. The molecule has 3 rings (SSSR count). The number of carbonyl (C=O) groups is 1. The smallest absolute Gasteiger partial charge is 0.346 e. The number of benzene rings is 2. The van der Waals surface area contributed by atoms with Gasteiger partial charge in [-0.2, -0.15) is 5.26 Å². The third-order valence-corrected chi connectivity index (χ3v) is 4.94. The van der Waals surface area contributed by atoms with E-state index >= 15 is 0 Å². The summed E-state index contributed by atoms with van der Waals surface area (Å²) >= 11 is 0. The maximum absolute atomic E-state index is 14.5. The van der Waals surface area contributed by atoms with Gasteiger partial charge in [-0.25, -0.2) is 13.6 Å². The van der Waals surface area contributed by atoms with Crippen LogP contribution >= 0.6 is 0 Å². The van der Waals surface area contributed by atoms with Crippen molar-refractivity contribution in [2.75, 3.05) is 13.2 Å². The van der Waals surface area contributed by atoms with Crippen LogP contribution < -0.4 is 4.74 Å². The van der Waals surface area contributed by atoms with Crippen molar-refractivity contribution < 1.29 is 27.8 Å². The maximum atomic E-state index is 14.5. The predicted octanol–water partition coefficient (Wildman–Crippen LogP) is 5.30. The highest BCUT2D eigenvalue weighted by Gasteiger charge is 2.25. The number of rotatable bonds is 7. The number of unbranched alkanes of at least 4 members (excludes halogenated alkanes) is 2. The van der Waals surface area contributed by atoms with Gasteiger partial charge in [0.1, 0.15) is 23.5 Å². The van der Waals surface area contributed by atoms with Crippen molar-refractivity contribution in [2.45, 2.75) is 38.9 Å². The van der Waals surface area contributed by atoms with Gasteiger partial charge in [0.25, 0.3) is 0 Å². The Balaban J connectivity index is 1.61. The second kappa shape index (κ2) is 10.3. The van der Waals surface area contributed by atoms with Gasteiger partial charge >= 0.3 is 5.97 Å². The summed E-state index contributed by atoms with van der Waals surface area (Å²) in [6.07, 6.45) is 3.82. The molecule has 0 saturated carbocycles. The lowest BCUT2D eigenvalue weighted by Gasteiger charge is -2.29. The van der Waals surface area contributed by atoms with Crippen LogP contribution in [0.3, 0.4) is 0 Å². The topological polar surface area (TPSA) is 68.5 Å². The fourth-order valence-electron chi connectivity index (χ4n) is 3.24. The molecule has 2 aromatic carbocycles. The zero-order valence-corrected chi connectivity index (χ0v) is 16.7. The molecule has 0 atom stereocenters. The number of nitrogens with zero attached hydrogens (tertiary/aromatic N) is 1. The Morgan fingerprint density at radius 3 is 2.53 bits per heavy atom. The Kier molecular flexibility index (Phi) is 7.50. The molecular weight excluding hydrogens is 392 g/mol. The van der Waals surface area contributed by atoms with E-state index in [1.807, 2.05) is 0 Å². The Bertz CT molecular complexity index is 933. The first-order valence-corrected chi connectivity index (χ1v) is 9.96. The summed E-state index contributed by atoms with van der Waals surface area (Å²) in [5, 5.41) is 8.73. The van der Waals surface area contributed by atoms with Gasteiger partial charge in [-0.15, -0.1) is 0 Å². The van der Waals surface area contributed by atoms with E-state index < -0.39 is 23.9 Å². The third kappa shape index (κ3) is 5.41. The van der Waals surface area contributed by atoms with Gasteiger partial charge in [0.05, 0.1) is 24.3 Å². The van der Waals surface area contributed by atoms with Crippen LogP contribution in [-0.2, 0) is 9.47 Å².